The fraction of sp³-hybridized carbons (Fsp3) is 0.438. The Kier molecular flexibility index (Phi) is 4.90. The molecule has 2 rings (SSSR count). The summed E-state index contributed by atoms with van der Waals surface area (Å²) >= 11 is 0. The zero-order chi connectivity index (χ0) is 14.5. The third kappa shape index (κ3) is 3.45. The topological polar surface area (TPSA) is 46.3 Å². The molecule has 0 radical (unpaired) electrons. The molecule has 1 fully saturated rings. The number of carbonyl (C=O) groups excluding carboxylic acids is 1. The largest absolute Gasteiger partial charge is 0.339 e. The van der Waals surface area contributed by atoms with Gasteiger partial charge in [0.1, 0.15) is 5.82 Å². The van der Waals surface area contributed by atoms with Crippen LogP contribution in [0.3, 0.4) is 0 Å². The number of likely N-dealkylation sites (tertiary alicyclic amines) is 1. The number of hydrogen-bond acceptors (Lipinski definition) is 2. The van der Waals surface area contributed by atoms with Crippen molar-refractivity contribution in [3.8, 4) is 0 Å². The molecule has 0 saturated carbocycles. The molecule has 0 aliphatic carbocycles. The van der Waals surface area contributed by atoms with Crippen molar-refractivity contribution in [1.29, 1.82) is 0 Å². The van der Waals surface area contributed by atoms with Crippen LogP contribution in [0.5, 0.6) is 0 Å². The van der Waals surface area contributed by atoms with Gasteiger partial charge in [-0.3, -0.25) is 4.79 Å². The lowest BCUT2D eigenvalue weighted by atomic mass is 9.97. The monoisotopic (exact) mass is 276 g/mol. The van der Waals surface area contributed by atoms with E-state index in [0.29, 0.717) is 23.6 Å². The van der Waals surface area contributed by atoms with Crippen LogP contribution in [0.4, 0.5) is 4.39 Å². The van der Waals surface area contributed by atoms with Crippen molar-refractivity contribution in [2.24, 2.45) is 11.7 Å². The summed E-state index contributed by atoms with van der Waals surface area (Å²) in [5.41, 5.74) is 6.79. The van der Waals surface area contributed by atoms with E-state index < -0.39 is 0 Å². The Morgan fingerprint density at radius 1 is 1.40 bits per heavy atom. The lowest BCUT2D eigenvalue weighted by Crippen LogP contribution is -2.39. The maximum Gasteiger partial charge on any atom is 0.246 e. The Hall–Kier alpha value is -1.68. The average molecular weight is 276 g/mol. The predicted molar refractivity (Wildman–Crippen MR) is 78.4 cm³/mol. The van der Waals surface area contributed by atoms with Gasteiger partial charge in [-0.15, -0.1) is 0 Å². The van der Waals surface area contributed by atoms with Gasteiger partial charge in [0.25, 0.3) is 0 Å². The number of halogens is 1. The van der Waals surface area contributed by atoms with E-state index in [-0.39, 0.29) is 11.7 Å². The Morgan fingerprint density at radius 3 is 2.65 bits per heavy atom. The zero-order valence-electron chi connectivity index (χ0n) is 11.8. The SMILES string of the molecule is C/C(=C\C(=O)N1CCC(CN)CC1)c1ccccc1F. The maximum atomic E-state index is 13.7. The highest BCUT2D eigenvalue weighted by atomic mass is 19.1. The third-order valence-corrected chi connectivity index (χ3v) is 3.90. The van der Waals surface area contributed by atoms with Crippen molar-refractivity contribution in [2.75, 3.05) is 19.6 Å². The molecule has 1 heterocycles. The van der Waals surface area contributed by atoms with Crippen LogP contribution in [0, 0.1) is 11.7 Å². The maximum absolute atomic E-state index is 13.7. The Bertz CT molecular complexity index is 505. The van der Waals surface area contributed by atoms with Crippen molar-refractivity contribution in [3.05, 3.63) is 41.7 Å². The van der Waals surface area contributed by atoms with Gasteiger partial charge in [0.2, 0.25) is 5.91 Å². The van der Waals surface area contributed by atoms with Gasteiger partial charge in [0, 0.05) is 24.7 Å². The number of hydrogen-bond donors (Lipinski definition) is 1. The lowest BCUT2D eigenvalue weighted by molar-refractivity contribution is -0.127. The van der Waals surface area contributed by atoms with Gasteiger partial charge in [-0.25, -0.2) is 4.39 Å². The van der Waals surface area contributed by atoms with Crippen LogP contribution >= 0.6 is 0 Å². The first-order valence-corrected chi connectivity index (χ1v) is 7.04. The number of piperidine rings is 1. The summed E-state index contributed by atoms with van der Waals surface area (Å²) in [6.07, 6.45) is 3.44. The number of rotatable bonds is 3. The second kappa shape index (κ2) is 6.66. The number of carbonyl (C=O) groups is 1. The average Bonchev–Trinajstić information content (AvgIpc) is 2.47. The molecule has 0 bridgehead atoms. The molecule has 1 aliphatic heterocycles. The number of nitrogens with two attached hydrogens (primary N) is 1. The molecule has 1 aliphatic rings. The predicted octanol–water partition coefficient (Wildman–Crippen LogP) is 2.43. The molecule has 2 N–H and O–H groups in total. The summed E-state index contributed by atoms with van der Waals surface area (Å²) in [4.78, 5) is 14.0. The highest BCUT2D eigenvalue weighted by Crippen LogP contribution is 2.20. The highest BCUT2D eigenvalue weighted by molar-refractivity contribution is 5.94. The Labute approximate surface area is 119 Å². The molecule has 0 unspecified atom stereocenters. The number of allylic oxidation sites excluding steroid dienone is 1. The van der Waals surface area contributed by atoms with Crippen LogP contribution in [0.15, 0.2) is 30.3 Å². The van der Waals surface area contributed by atoms with Crippen LogP contribution in [0.25, 0.3) is 5.57 Å². The first kappa shape index (κ1) is 14.7. The van der Waals surface area contributed by atoms with Crippen molar-refractivity contribution in [2.45, 2.75) is 19.8 Å². The number of amides is 1. The van der Waals surface area contributed by atoms with E-state index in [9.17, 15) is 9.18 Å². The third-order valence-electron chi connectivity index (χ3n) is 3.90. The van der Waals surface area contributed by atoms with Gasteiger partial charge in [-0.05, 0) is 43.9 Å². The fourth-order valence-corrected chi connectivity index (χ4v) is 2.52. The van der Waals surface area contributed by atoms with Crippen LogP contribution in [-0.2, 0) is 4.79 Å². The summed E-state index contributed by atoms with van der Waals surface area (Å²) in [7, 11) is 0. The molecule has 1 aromatic carbocycles. The fourth-order valence-electron chi connectivity index (χ4n) is 2.52. The molecule has 0 aromatic heterocycles. The molecule has 20 heavy (non-hydrogen) atoms. The van der Waals surface area contributed by atoms with Crippen LogP contribution < -0.4 is 5.73 Å². The summed E-state index contributed by atoms with van der Waals surface area (Å²) in [5, 5.41) is 0. The minimum Gasteiger partial charge on any atom is -0.339 e. The molecule has 1 saturated heterocycles. The number of benzene rings is 1. The van der Waals surface area contributed by atoms with Gasteiger partial charge in [0.05, 0.1) is 0 Å². The van der Waals surface area contributed by atoms with Gasteiger partial charge < -0.3 is 10.6 Å². The van der Waals surface area contributed by atoms with E-state index in [1.807, 2.05) is 4.90 Å². The van der Waals surface area contributed by atoms with Crippen LogP contribution in [0.1, 0.15) is 25.3 Å². The van der Waals surface area contributed by atoms with Gasteiger partial charge >= 0.3 is 0 Å². The van der Waals surface area contributed by atoms with E-state index in [4.69, 9.17) is 5.73 Å². The molecule has 108 valence electrons. The zero-order valence-corrected chi connectivity index (χ0v) is 11.8. The molecule has 0 spiro atoms. The first-order chi connectivity index (χ1) is 9.61. The van der Waals surface area contributed by atoms with Gasteiger partial charge in [-0.2, -0.15) is 0 Å². The molecule has 1 amide bonds. The molecule has 3 nitrogen and oxygen atoms in total. The van der Waals surface area contributed by atoms with Crippen LogP contribution in [0.2, 0.25) is 0 Å². The van der Waals surface area contributed by atoms with Crippen LogP contribution in [-0.4, -0.2) is 30.4 Å². The Morgan fingerprint density at radius 2 is 2.05 bits per heavy atom. The van der Waals surface area contributed by atoms with Crippen molar-refractivity contribution >= 4 is 11.5 Å². The van der Waals surface area contributed by atoms with E-state index in [2.05, 4.69) is 0 Å². The molecule has 0 atom stereocenters. The summed E-state index contributed by atoms with van der Waals surface area (Å²) < 4.78 is 13.7. The Balaban J connectivity index is 2.04. The number of nitrogens with zero attached hydrogens (tertiary/aromatic N) is 1. The quantitative estimate of drug-likeness (QED) is 0.862. The highest BCUT2D eigenvalue weighted by Gasteiger charge is 2.20. The van der Waals surface area contributed by atoms with E-state index in [0.717, 1.165) is 25.9 Å². The van der Waals surface area contributed by atoms with E-state index in [1.165, 1.54) is 12.1 Å². The van der Waals surface area contributed by atoms with Crippen molar-refractivity contribution in [3.63, 3.8) is 0 Å². The molecular weight excluding hydrogens is 255 g/mol. The lowest BCUT2D eigenvalue weighted by Gasteiger charge is -2.30. The summed E-state index contributed by atoms with van der Waals surface area (Å²) in [6, 6.07) is 6.51. The van der Waals surface area contributed by atoms with Gasteiger partial charge in [0.15, 0.2) is 0 Å². The van der Waals surface area contributed by atoms with Crippen molar-refractivity contribution < 1.29 is 9.18 Å². The minimum absolute atomic E-state index is 0.0405. The minimum atomic E-state index is -0.295. The van der Waals surface area contributed by atoms with E-state index in [1.54, 1.807) is 25.1 Å². The normalized spacial score (nSPS) is 17.4. The molecule has 4 heteroatoms. The summed E-state index contributed by atoms with van der Waals surface area (Å²) in [5.74, 6) is 0.188. The van der Waals surface area contributed by atoms with E-state index >= 15 is 0 Å². The smallest absolute Gasteiger partial charge is 0.246 e. The summed E-state index contributed by atoms with van der Waals surface area (Å²) in [6.45, 7) is 3.93. The second-order valence-electron chi connectivity index (χ2n) is 5.31. The second-order valence-corrected chi connectivity index (χ2v) is 5.31. The standard InChI is InChI=1S/C16H21FN2O/c1-12(14-4-2-3-5-15(14)17)10-16(20)19-8-6-13(11-18)7-9-19/h2-5,10,13H,6-9,11,18H2,1H3/b12-10+. The molecular formula is C16H21FN2O. The molecule has 1 aromatic rings. The van der Waals surface area contributed by atoms with Gasteiger partial charge in [-0.1, -0.05) is 18.2 Å². The first-order valence-electron chi connectivity index (χ1n) is 7.04. The van der Waals surface area contributed by atoms with Crippen molar-refractivity contribution in [1.82, 2.24) is 4.90 Å².